The van der Waals surface area contributed by atoms with Crippen molar-refractivity contribution < 1.29 is 22.4 Å². The Labute approximate surface area is 246 Å². The quantitative estimate of drug-likeness (QED) is 0.323. The van der Waals surface area contributed by atoms with Crippen LogP contribution in [0.1, 0.15) is 43.2 Å². The highest BCUT2D eigenvalue weighted by Crippen LogP contribution is 2.26. The predicted molar refractivity (Wildman–Crippen MR) is 160 cm³/mol. The van der Waals surface area contributed by atoms with Crippen molar-refractivity contribution in [2.24, 2.45) is 0 Å². The van der Waals surface area contributed by atoms with Gasteiger partial charge in [0.1, 0.15) is 18.4 Å². The van der Waals surface area contributed by atoms with Crippen LogP contribution in [-0.2, 0) is 32.6 Å². The van der Waals surface area contributed by atoms with E-state index in [9.17, 15) is 22.4 Å². The maximum absolute atomic E-state index is 14.1. The molecule has 0 bridgehead atoms. The zero-order valence-corrected chi connectivity index (χ0v) is 24.6. The molecule has 1 aliphatic rings. The van der Waals surface area contributed by atoms with Crippen LogP contribution in [-0.4, -0.2) is 50.0 Å². The molecule has 1 fully saturated rings. The lowest BCUT2D eigenvalue weighted by molar-refractivity contribution is -0.140. The van der Waals surface area contributed by atoms with Gasteiger partial charge in [-0.3, -0.25) is 13.9 Å². The molecule has 41 heavy (non-hydrogen) atoms. The smallest absolute Gasteiger partial charge is 0.244 e. The summed E-state index contributed by atoms with van der Waals surface area (Å²) in [7, 11) is -3.97. The minimum atomic E-state index is -3.97. The van der Waals surface area contributed by atoms with E-state index in [2.05, 4.69) is 5.32 Å². The third kappa shape index (κ3) is 8.53. The van der Waals surface area contributed by atoms with E-state index in [4.69, 9.17) is 11.6 Å². The number of benzene rings is 3. The summed E-state index contributed by atoms with van der Waals surface area (Å²) >= 11 is 5.94. The first kappa shape index (κ1) is 30.5. The fraction of sp³-hybridized carbons (Fsp3) is 0.355. The van der Waals surface area contributed by atoms with Crippen LogP contribution in [0, 0.1) is 5.82 Å². The minimum Gasteiger partial charge on any atom is -0.352 e. The molecule has 0 spiro atoms. The number of nitrogens with zero attached hydrogens (tertiary/aromatic N) is 2. The average Bonchev–Trinajstić information content (AvgIpc) is 2.96. The number of sulfonamides is 1. The first-order chi connectivity index (χ1) is 19.6. The maximum Gasteiger partial charge on any atom is 0.244 e. The van der Waals surface area contributed by atoms with Gasteiger partial charge in [0.15, 0.2) is 0 Å². The number of hydrogen-bond donors (Lipinski definition) is 1. The Morgan fingerprint density at radius 1 is 0.951 bits per heavy atom. The van der Waals surface area contributed by atoms with E-state index in [1.165, 1.54) is 17.0 Å². The number of anilines is 1. The molecule has 0 radical (unpaired) electrons. The topological polar surface area (TPSA) is 86.8 Å². The number of nitrogens with one attached hydrogen (secondary N) is 1. The Hall–Kier alpha value is -3.43. The number of hydrogen-bond acceptors (Lipinski definition) is 4. The van der Waals surface area contributed by atoms with Crippen LogP contribution >= 0.6 is 11.6 Å². The monoisotopic (exact) mass is 599 g/mol. The van der Waals surface area contributed by atoms with Gasteiger partial charge in [0.05, 0.1) is 17.0 Å². The molecule has 1 N–H and O–H groups in total. The van der Waals surface area contributed by atoms with E-state index >= 15 is 0 Å². The number of rotatable bonds is 11. The molecule has 218 valence electrons. The molecule has 7 nitrogen and oxygen atoms in total. The first-order valence-electron chi connectivity index (χ1n) is 13.7. The largest absolute Gasteiger partial charge is 0.352 e. The number of carbonyl (C=O) groups is 2. The lowest BCUT2D eigenvalue weighted by Crippen LogP contribution is -2.55. The van der Waals surface area contributed by atoms with E-state index in [1.807, 2.05) is 60.7 Å². The third-order valence-electron chi connectivity index (χ3n) is 7.29. The highest BCUT2D eigenvalue weighted by Gasteiger charge is 2.34. The Bertz CT molecular complexity index is 1430. The Morgan fingerprint density at radius 2 is 1.56 bits per heavy atom. The average molecular weight is 600 g/mol. The van der Waals surface area contributed by atoms with Crippen LogP contribution in [0.5, 0.6) is 0 Å². The van der Waals surface area contributed by atoms with Crippen LogP contribution in [0.4, 0.5) is 10.1 Å². The molecule has 0 aliphatic heterocycles. The molecule has 2 amide bonds. The van der Waals surface area contributed by atoms with E-state index in [1.54, 1.807) is 0 Å². The highest BCUT2D eigenvalue weighted by atomic mass is 35.5. The highest BCUT2D eigenvalue weighted by molar-refractivity contribution is 7.92. The zero-order chi connectivity index (χ0) is 29.4. The summed E-state index contributed by atoms with van der Waals surface area (Å²) in [5, 5.41) is 2.90. The van der Waals surface area contributed by atoms with Gasteiger partial charge in [-0.1, -0.05) is 91.5 Å². The van der Waals surface area contributed by atoms with Gasteiger partial charge in [0, 0.05) is 19.0 Å². The summed E-state index contributed by atoms with van der Waals surface area (Å²) in [5.41, 5.74) is 1.71. The molecular formula is C31H35ClFN3O4S. The molecule has 3 aromatic carbocycles. The minimum absolute atomic E-state index is 0.0251. The van der Waals surface area contributed by atoms with Crippen LogP contribution in [0.15, 0.2) is 78.9 Å². The molecule has 0 aromatic heterocycles. The molecule has 1 aliphatic carbocycles. The number of amides is 2. The molecule has 1 atom stereocenters. The maximum atomic E-state index is 14.1. The summed E-state index contributed by atoms with van der Waals surface area (Å²) < 4.78 is 40.4. The summed E-state index contributed by atoms with van der Waals surface area (Å²) in [6.07, 6.45) is 6.17. The summed E-state index contributed by atoms with van der Waals surface area (Å²) in [4.78, 5) is 29.4. The molecule has 0 saturated heterocycles. The molecule has 10 heteroatoms. The molecule has 1 saturated carbocycles. The summed E-state index contributed by atoms with van der Waals surface area (Å²) in [5.74, 6) is -1.55. The number of halogens is 2. The molecule has 0 unspecified atom stereocenters. The van der Waals surface area contributed by atoms with Gasteiger partial charge < -0.3 is 10.2 Å². The fourth-order valence-corrected chi connectivity index (χ4v) is 6.15. The van der Waals surface area contributed by atoms with Crippen molar-refractivity contribution >= 4 is 39.1 Å². The zero-order valence-electron chi connectivity index (χ0n) is 23.0. The van der Waals surface area contributed by atoms with E-state index < -0.39 is 34.3 Å². The van der Waals surface area contributed by atoms with Gasteiger partial charge >= 0.3 is 0 Å². The SMILES string of the molecule is CS(=O)(=O)N(CC(=O)N(Cc1ccccc1)[C@H](Cc1ccccc1)C(=O)NC1CCCCC1)c1ccc(F)c(Cl)c1. The van der Waals surface area contributed by atoms with Crippen molar-refractivity contribution in [2.45, 2.75) is 57.2 Å². The fourth-order valence-electron chi connectivity index (χ4n) is 5.13. The second-order valence-electron chi connectivity index (χ2n) is 10.4. The standard InChI is InChI=1S/C31H35ClFN3O4S/c1-41(39,40)36(26-17-18-28(33)27(32)20-26)22-30(37)35(21-24-13-7-3-8-14-24)29(19-23-11-5-2-6-12-23)31(38)34-25-15-9-4-10-16-25/h2-3,5-8,11-14,17-18,20,25,29H,4,9-10,15-16,19,21-22H2,1H3,(H,34,38)/t29-/m1/s1. The summed E-state index contributed by atoms with van der Waals surface area (Å²) in [6.45, 7) is -0.493. The van der Waals surface area contributed by atoms with Crippen molar-refractivity contribution in [3.05, 3.63) is 101 Å². The van der Waals surface area contributed by atoms with Gasteiger partial charge in [0.25, 0.3) is 0 Å². The van der Waals surface area contributed by atoms with Crippen LogP contribution in [0.25, 0.3) is 0 Å². The van der Waals surface area contributed by atoms with Crippen LogP contribution in [0.2, 0.25) is 5.02 Å². The van der Waals surface area contributed by atoms with Crippen LogP contribution in [0.3, 0.4) is 0 Å². The van der Waals surface area contributed by atoms with Gasteiger partial charge in [-0.15, -0.1) is 0 Å². The van der Waals surface area contributed by atoms with Gasteiger partial charge in [-0.2, -0.15) is 0 Å². The number of carbonyl (C=O) groups excluding carboxylic acids is 2. The van der Waals surface area contributed by atoms with Crippen molar-refractivity contribution in [1.29, 1.82) is 0 Å². The van der Waals surface area contributed by atoms with E-state index in [0.717, 1.165) is 59.9 Å². The van der Waals surface area contributed by atoms with Crippen molar-refractivity contribution in [3.63, 3.8) is 0 Å². The van der Waals surface area contributed by atoms with Gasteiger partial charge in [-0.05, 0) is 42.2 Å². The third-order valence-corrected chi connectivity index (χ3v) is 8.72. The normalized spacial score (nSPS) is 14.7. The van der Waals surface area contributed by atoms with Crippen LogP contribution < -0.4 is 9.62 Å². The summed E-state index contributed by atoms with van der Waals surface area (Å²) in [6, 6.07) is 21.3. The van der Waals surface area contributed by atoms with E-state index in [0.29, 0.717) is 0 Å². The predicted octanol–water partition coefficient (Wildman–Crippen LogP) is 5.33. The lowest BCUT2D eigenvalue weighted by Gasteiger charge is -2.35. The molecule has 0 heterocycles. The van der Waals surface area contributed by atoms with Crippen molar-refractivity contribution in [2.75, 3.05) is 17.1 Å². The Kier molecular flexibility index (Phi) is 10.4. The van der Waals surface area contributed by atoms with Crippen molar-refractivity contribution in [1.82, 2.24) is 10.2 Å². The second kappa shape index (κ2) is 14.0. The lowest BCUT2D eigenvalue weighted by atomic mass is 9.94. The first-order valence-corrected chi connectivity index (χ1v) is 15.9. The Morgan fingerprint density at radius 3 is 2.15 bits per heavy atom. The van der Waals surface area contributed by atoms with Gasteiger partial charge in [-0.25, -0.2) is 12.8 Å². The molecular weight excluding hydrogens is 565 g/mol. The van der Waals surface area contributed by atoms with Crippen molar-refractivity contribution in [3.8, 4) is 0 Å². The molecule has 3 aromatic rings. The molecule has 4 rings (SSSR count). The second-order valence-corrected chi connectivity index (χ2v) is 12.7. The Balaban J connectivity index is 1.71. The van der Waals surface area contributed by atoms with Gasteiger partial charge in [0.2, 0.25) is 21.8 Å². The van der Waals surface area contributed by atoms with E-state index in [-0.39, 0.29) is 35.6 Å².